The molecule has 2 fully saturated rings. The Hall–Kier alpha value is -0.570. The highest BCUT2D eigenvalue weighted by Gasteiger charge is 2.39. The van der Waals surface area contributed by atoms with Gasteiger partial charge in [-0.25, -0.2) is 0 Å². The summed E-state index contributed by atoms with van der Waals surface area (Å²) in [6.45, 7) is 2.28. The number of nitrogens with zero attached hydrogens (tertiary/aromatic N) is 1. The normalized spacial score (nSPS) is 38.0. The zero-order chi connectivity index (χ0) is 10.9. The Morgan fingerprint density at radius 2 is 2.13 bits per heavy atom. The molecule has 0 aromatic rings. The maximum atomic E-state index is 6.12. The van der Waals surface area contributed by atoms with E-state index in [0.717, 1.165) is 18.7 Å². The van der Waals surface area contributed by atoms with Crippen molar-refractivity contribution < 1.29 is 4.74 Å². The number of hydrogen-bond acceptors (Lipinski definition) is 2. The molecule has 15 heavy (non-hydrogen) atoms. The molecule has 0 aromatic heterocycles. The van der Waals surface area contributed by atoms with Crippen molar-refractivity contribution in [2.24, 2.45) is 16.6 Å². The van der Waals surface area contributed by atoms with Crippen LogP contribution >= 0.6 is 0 Å². The van der Waals surface area contributed by atoms with Gasteiger partial charge in [-0.05, 0) is 38.0 Å². The van der Waals surface area contributed by atoms with Crippen LogP contribution in [0.5, 0.6) is 0 Å². The van der Waals surface area contributed by atoms with Crippen molar-refractivity contribution in [2.75, 3.05) is 7.11 Å². The molecule has 3 nitrogen and oxygen atoms in total. The van der Waals surface area contributed by atoms with Crippen molar-refractivity contribution in [2.45, 2.75) is 57.1 Å². The van der Waals surface area contributed by atoms with Gasteiger partial charge in [0.25, 0.3) is 0 Å². The Labute approximate surface area is 92.1 Å². The monoisotopic (exact) mass is 210 g/mol. The highest BCUT2D eigenvalue weighted by atomic mass is 16.5. The standard InChI is InChI=1S/C12H22N2O/c1-9-4-3-7-12(8-9,15-2)11(13)14-10-5-6-10/h9-10H,3-8H2,1-2H3,(H2,13,14). The summed E-state index contributed by atoms with van der Waals surface area (Å²) in [5, 5.41) is 0. The minimum atomic E-state index is -0.250. The van der Waals surface area contributed by atoms with Crippen molar-refractivity contribution >= 4 is 5.84 Å². The van der Waals surface area contributed by atoms with Crippen LogP contribution in [0.4, 0.5) is 0 Å². The molecule has 0 amide bonds. The quantitative estimate of drug-likeness (QED) is 0.573. The number of hydrogen-bond donors (Lipinski definition) is 1. The largest absolute Gasteiger partial charge is 0.385 e. The van der Waals surface area contributed by atoms with Gasteiger partial charge in [-0.2, -0.15) is 0 Å². The van der Waals surface area contributed by atoms with Crippen LogP contribution in [0.2, 0.25) is 0 Å². The summed E-state index contributed by atoms with van der Waals surface area (Å²) in [5.41, 5.74) is 5.87. The molecule has 2 saturated carbocycles. The average Bonchev–Trinajstić information content (AvgIpc) is 3.01. The van der Waals surface area contributed by atoms with E-state index in [1.54, 1.807) is 7.11 Å². The number of amidine groups is 1. The zero-order valence-corrected chi connectivity index (χ0v) is 9.83. The van der Waals surface area contributed by atoms with E-state index >= 15 is 0 Å². The van der Waals surface area contributed by atoms with Crippen LogP contribution in [0, 0.1) is 5.92 Å². The van der Waals surface area contributed by atoms with Gasteiger partial charge in [0.1, 0.15) is 11.4 Å². The topological polar surface area (TPSA) is 47.6 Å². The molecular formula is C12H22N2O. The molecule has 0 bridgehead atoms. The van der Waals surface area contributed by atoms with Crippen LogP contribution in [0.1, 0.15) is 45.4 Å². The van der Waals surface area contributed by atoms with E-state index in [1.807, 2.05) is 0 Å². The molecule has 2 rings (SSSR count). The Bertz CT molecular complexity index is 260. The molecule has 0 aromatic carbocycles. The number of rotatable bonds is 3. The molecule has 2 aliphatic rings. The van der Waals surface area contributed by atoms with Crippen LogP contribution in [0.3, 0.4) is 0 Å². The lowest BCUT2D eigenvalue weighted by Crippen LogP contribution is -2.49. The summed E-state index contributed by atoms with van der Waals surface area (Å²) in [6.07, 6.45) is 6.98. The number of ether oxygens (including phenoxy) is 1. The smallest absolute Gasteiger partial charge is 0.127 e. The highest BCUT2D eigenvalue weighted by molar-refractivity contribution is 5.89. The van der Waals surface area contributed by atoms with Crippen molar-refractivity contribution in [3.05, 3.63) is 0 Å². The first-order valence-corrected chi connectivity index (χ1v) is 6.05. The number of nitrogens with two attached hydrogens (primary N) is 1. The lowest BCUT2D eigenvalue weighted by atomic mass is 9.78. The van der Waals surface area contributed by atoms with E-state index < -0.39 is 0 Å². The van der Waals surface area contributed by atoms with Crippen LogP contribution in [-0.4, -0.2) is 24.6 Å². The summed E-state index contributed by atoms with van der Waals surface area (Å²) >= 11 is 0. The lowest BCUT2D eigenvalue weighted by molar-refractivity contribution is 0.00286. The second kappa shape index (κ2) is 4.12. The molecule has 2 unspecified atom stereocenters. The van der Waals surface area contributed by atoms with Gasteiger partial charge in [-0.3, -0.25) is 4.99 Å². The third kappa shape index (κ3) is 2.33. The minimum Gasteiger partial charge on any atom is -0.385 e. The molecule has 86 valence electrons. The Morgan fingerprint density at radius 1 is 1.40 bits per heavy atom. The second-order valence-corrected chi connectivity index (χ2v) is 5.15. The van der Waals surface area contributed by atoms with Gasteiger partial charge in [-0.15, -0.1) is 0 Å². The Morgan fingerprint density at radius 3 is 2.67 bits per heavy atom. The van der Waals surface area contributed by atoms with Crippen molar-refractivity contribution in [3.63, 3.8) is 0 Å². The lowest BCUT2D eigenvalue weighted by Gasteiger charge is -2.38. The van der Waals surface area contributed by atoms with Gasteiger partial charge in [0, 0.05) is 7.11 Å². The predicted octanol–water partition coefficient (Wildman–Crippen LogP) is 2.10. The highest BCUT2D eigenvalue weighted by Crippen LogP contribution is 2.36. The maximum Gasteiger partial charge on any atom is 0.127 e. The third-order valence-corrected chi connectivity index (χ3v) is 3.68. The van der Waals surface area contributed by atoms with E-state index in [1.165, 1.54) is 25.7 Å². The SMILES string of the molecule is COC1(C(N)=NC2CC2)CCCC(C)C1. The van der Waals surface area contributed by atoms with Crippen molar-refractivity contribution in [1.82, 2.24) is 0 Å². The first-order chi connectivity index (χ1) is 7.16. The molecule has 0 saturated heterocycles. The molecule has 0 heterocycles. The van der Waals surface area contributed by atoms with Crippen molar-refractivity contribution in [1.29, 1.82) is 0 Å². The molecule has 3 heteroatoms. The maximum absolute atomic E-state index is 6.12. The van der Waals surface area contributed by atoms with Crippen LogP contribution < -0.4 is 5.73 Å². The van der Waals surface area contributed by atoms with Crippen LogP contribution in [-0.2, 0) is 4.74 Å². The van der Waals surface area contributed by atoms with Crippen LogP contribution in [0.15, 0.2) is 4.99 Å². The summed E-state index contributed by atoms with van der Waals surface area (Å²) in [6, 6.07) is 0.495. The fourth-order valence-corrected chi connectivity index (χ4v) is 2.54. The van der Waals surface area contributed by atoms with Gasteiger partial charge in [0.05, 0.1) is 6.04 Å². The third-order valence-electron chi connectivity index (χ3n) is 3.68. The van der Waals surface area contributed by atoms with E-state index in [4.69, 9.17) is 10.5 Å². The second-order valence-electron chi connectivity index (χ2n) is 5.15. The van der Waals surface area contributed by atoms with Gasteiger partial charge < -0.3 is 10.5 Å². The molecule has 2 N–H and O–H groups in total. The molecular weight excluding hydrogens is 188 g/mol. The predicted molar refractivity (Wildman–Crippen MR) is 62.0 cm³/mol. The Balaban J connectivity index is 2.11. The van der Waals surface area contributed by atoms with Crippen molar-refractivity contribution in [3.8, 4) is 0 Å². The van der Waals surface area contributed by atoms with Gasteiger partial charge in [-0.1, -0.05) is 13.3 Å². The van der Waals surface area contributed by atoms with Gasteiger partial charge in [0.15, 0.2) is 0 Å². The van der Waals surface area contributed by atoms with E-state index in [9.17, 15) is 0 Å². The first-order valence-electron chi connectivity index (χ1n) is 6.05. The average molecular weight is 210 g/mol. The summed E-state index contributed by atoms with van der Waals surface area (Å²) in [4.78, 5) is 4.56. The molecule has 2 atom stereocenters. The molecule has 0 spiro atoms. The van der Waals surface area contributed by atoms with Crippen LogP contribution in [0.25, 0.3) is 0 Å². The summed E-state index contributed by atoms with van der Waals surface area (Å²) in [7, 11) is 1.77. The fourth-order valence-electron chi connectivity index (χ4n) is 2.54. The van der Waals surface area contributed by atoms with E-state index in [0.29, 0.717) is 12.0 Å². The zero-order valence-electron chi connectivity index (χ0n) is 9.83. The van der Waals surface area contributed by atoms with E-state index in [2.05, 4.69) is 11.9 Å². The molecule has 0 aliphatic heterocycles. The van der Waals surface area contributed by atoms with Gasteiger partial charge >= 0.3 is 0 Å². The van der Waals surface area contributed by atoms with E-state index in [-0.39, 0.29) is 5.60 Å². The molecule has 2 aliphatic carbocycles. The fraction of sp³-hybridized carbons (Fsp3) is 0.917. The van der Waals surface area contributed by atoms with Gasteiger partial charge in [0.2, 0.25) is 0 Å². The number of methoxy groups -OCH3 is 1. The minimum absolute atomic E-state index is 0.250. The summed E-state index contributed by atoms with van der Waals surface area (Å²) < 4.78 is 5.68. The first kappa shape index (κ1) is 10.9. The summed E-state index contributed by atoms with van der Waals surface area (Å²) in [5.74, 6) is 1.45. The number of aliphatic imine (C=N–C) groups is 1. The molecule has 0 radical (unpaired) electrons. The Kier molecular flexibility index (Phi) is 3.01.